The Bertz CT molecular complexity index is 597. The third kappa shape index (κ3) is 51.8. The SMILES string of the molecule is CC.CCCCCNC(=O)CCCCCCCCCC/C(O)=C\C(C)CCCNC.CO.O=CCCCCCCCCCCC=O. The van der Waals surface area contributed by atoms with Crippen molar-refractivity contribution in [1.82, 2.24) is 10.6 Å². The summed E-state index contributed by atoms with van der Waals surface area (Å²) in [6, 6.07) is 0. The van der Waals surface area contributed by atoms with Gasteiger partial charge in [-0.05, 0) is 70.5 Å². The maximum absolute atomic E-state index is 11.7. The highest BCUT2D eigenvalue weighted by atomic mass is 16.3. The summed E-state index contributed by atoms with van der Waals surface area (Å²) in [6.07, 6.45) is 31.8. The second kappa shape index (κ2) is 50.1. The van der Waals surface area contributed by atoms with Crippen LogP contribution in [0, 0.1) is 5.92 Å². The molecule has 0 aromatic rings. The number of unbranched alkanes of at least 4 members (excludes halogenated alkanes) is 18. The summed E-state index contributed by atoms with van der Waals surface area (Å²) in [5.41, 5.74) is 0. The molecular formula is C39H80N2O5. The second-order valence-electron chi connectivity index (χ2n) is 12.0. The molecule has 0 aliphatic rings. The molecule has 1 unspecified atom stereocenters. The lowest BCUT2D eigenvalue weighted by Gasteiger charge is -2.08. The van der Waals surface area contributed by atoms with E-state index >= 15 is 0 Å². The Labute approximate surface area is 286 Å². The van der Waals surface area contributed by atoms with Crippen LogP contribution >= 0.6 is 0 Å². The van der Waals surface area contributed by atoms with Gasteiger partial charge in [0.25, 0.3) is 0 Å². The molecule has 46 heavy (non-hydrogen) atoms. The molecule has 276 valence electrons. The number of nitrogens with one attached hydrogen (secondary N) is 2. The Morgan fingerprint density at radius 3 is 1.50 bits per heavy atom. The monoisotopic (exact) mass is 657 g/mol. The van der Waals surface area contributed by atoms with Crippen molar-refractivity contribution in [3.63, 3.8) is 0 Å². The van der Waals surface area contributed by atoms with Gasteiger partial charge in [0.2, 0.25) is 5.91 Å². The molecule has 0 spiro atoms. The van der Waals surface area contributed by atoms with Gasteiger partial charge in [0, 0.05) is 39.3 Å². The third-order valence-corrected chi connectivity index (χ3v) is 7.65. The fourth-order valence-electron chi connectivity index (χ4n) is 4.96. The Balaban J connectivity index is -0.000000410. The number of amides is 1. The van der Waals surface area contributed by atoms with Crippen LogP contribution in [0.3, 0.4) is 0 Å². The summed E-state index contributed by atoms with van der Waals surface area (Å²) in [6.45, 7) is 10.2. The fourth-order valence-corrected chi connectivity index (χ4v) is 4.96. The van der Waals surface area contributed by atoms with E-state index < -0.39 is 0 Å². The summed E-state index contributed by atoms with van der Waals surface area (Å²) < 4.78 is 0. The van der Waals surface area contributed by atoms with E-state index in [2.05, 4.69) is 24.5 Å². The molecule has 0 aromatic carbocycles. The van der Waals surface area contributed by atoms with Gasteiger partial charge in [-0.1, -0.05) is 118 Å². The molecule has 0 saturated heterocycles. The number of aliphatic hydroxyl groups is 2. The number of carbonyl (C=O) groups excluding carboxylic acids is 3. The average Bonchev–Trinajstić information content (AvgIpc) is 3.07. The number of allylic oxidation sites excluding steroid dienone is 2. The molecule has 0 saturated carbocycles. The molecule has 0 radical (unpaired) electrons. The molecule has 0 aliphatic heterocycles. The highest BCUT2D eigenvalue weighted by Crippen LogP contribution is 2.15. The van der Waals surface area contributed by atoms with E-state index in [1.807, 2.05) is 27.0 Å². The fraction of sp³-hybridized carbons (Fsp3) is 0.872. The summed E-state index contributed by atoms with van der Waals surface area (Å²) in [5, 5.41) is 23.2. The lowest BCUT2D eigenvalue weighted by molar-refractivity contribution is -0.121. The highest BCUT2D eigenvalue weighted by Gasteiger charge is 2.02. The predicted octanol–water partition coefficient (Wildman–Crippen LogP) is 10.2. The molecule has 0 rings (SSSR count). The third-order valence-electron chi connectivity index (χ3n) is 7.65. The van der Waals surface area contributed by atoms with Crippen LogP contribution in [0.1, 0.15) is 188 Å². The minimum absolute atomic E-state index is 0.223. The van der Waals surface area contributed by atoms with Crippen molar-refractivity contribution in [3.8, 4) is 0 Å². The molecule has 4 N–H and O–H groups in total. The van der Waals surface area contributed by atoms with Gasteiger partial charge in [-0.3, -0.25) is 4.79 Å². The first-order valence-corrected chi connectivity index (χ1v) is 19.1. The number of rotatable bonds is 31. The summed E-state index contributed by atoms with van der Waals surface area (Å²) in [5.74, 6) is 1.26. The van der Waals surface area contributed by atoms with Gasteiger partial charge in [-0.15, -0.1) is 0 Å². The average molecular weight is 657 g/mol. The van der Waals surface area contributed by atoms with Gasteiger partial charge in [-0.2, -0.15) is 0 Å². The van der Waals surface area contributed by atoms with Crippen molar-refractivity contribution in [2.75, 3.05) is 27.2 Å². The van der Waals surface area contributed by atoms with Gasteiger partial charge < -0.3 is 30.4 Å². The van der Waals surface area contributed by atoms with E-state index in [1.165, 1.54) is 83.5 Å². The Morgan fingerprint density at radius 1 is 0.630 bits per heavy atom. The van der Waals surface area contributed by atoms with Gasteiger partial charge >= 0.3 is 0 Å². The number of hydrogen-bond acceptors (Lipinski definition) is 6. The summed E-state index contributed by atoms with van der Waals surface area (Å²) >= 11 is 0. The van der Waals surface area contributed by atoms with Crippen LogP contribution in [0.4, 0.5) is 0 Å². The van der Waals surface area contributed by atoms with Crippen molar-refractivity contribution >= 4 is 18.5 Å². The molecule has 7 heteroatoms. The highest BCUT2D eigenvalue weighted by molar-refractivity contribution is 5.75. The van der Waals surface area contributed by atoms with Gasteiger partial charge in [0.15, 0.2) is 0 Å². The molecule has 0 heterocycles. The number of carbonyl (C=O) groups is 3. The van der Waals surface area contributed by atoms with Crippen molar-refractivity contribution in [2.45, 2.75) is 188 Å². The zero-order valence-electron chi connectivity index (χ0n) is 31.5. The van der Waals surface area contributed by atoms with Crippen LogP contribution in [0.5, 0.6) is 0 Å². The molecule has 0 aromatic heterocycles. The molecule has 1 atom stereocenters. The Morgan fingerprint density at radius 2 is 1.07 bits per heavy atom. The zero-order valence-corrected chi connectivity index (χ0v) is 31.5. The van der Waals surface area contributed by atoms with Gasteiger partial charge in [0.1, 0.15) is 12.6 Å². The summed E-state index contributed by atoms with van der Waals surface area (Å²) in [7, 11) is 2.98. The van der Waals surface area contributed by atoms with E-state index in [0.29, 0.717) is 18.1 Å². The van der Waals surface area contributed by atoms with Crippen molar-refractivity contribution in [1.29, 1.82) is 0 Å². The zero-order chi connectivity index (χ0) is 35.4. The van der Waals surface area contributed by atoms with Gasteiger partial charge in [-0.25, -0.2) is 0 Å². The first kappa shape index (κ1) is 51.1. The van der Waals surface area contributed by atoms with Crippen LogP contribution in [0.15, 0.2) is 11.8 Å². The topological polar surface area (TPSA) is 116 Å². The van der Waals surface area contributed by atoms with Crippen LogP contribution in [-0.2, 0) is 14.4 Å². The van der Waals surface area contributed by atoms with Crippen LogP contribution in [0.2, 0.25) is 0 Å². The largest absolute Gasteiger partial charge is 0.513 e. The normalized spacial score (nSPS) is 11.2. The van der Waals surface area contributed by atoms with Gasteiger partial charge in [0.05, 0.1) is 5.76 Å². The van der Waals surface area contributed by atoms with Crippen LogP contribution in [0.25, 0.3) is 0 Å². The quantitative estimate of drug-likeness (QED) is 0.0335. The lowest BCUT2D eigenvalue weighted by Crippen LogP contribution is -2.23. The van der Waals surface area contributed by atoms with E-state index in [4.69, 9.17) is 5.11 Å². The molecule has 1 amide bonds. The lowest BCUT2D eigenvalue weighted by atomic mass is 10.0. The smallest absolute Gasteiger partial charge is 0.219 e. The molecule has 0 bridgehead atoms. The van der Waals surface area contributed by atoms with Crippen molar-refractivity contribution in [3.05, 3.63) is 11.8 Å². The Kier molecular flexibility index (Phi) is 55.7. The predicted molar refractivity (Wildman–Crippen MR) is 200 cm³/mol. The molecule has 0 fully saturated rings. The van der Waals surface area contributed by atoms with E-state index in [-0.39, 0.29) is 5.91 Å². The first-order chi connectivity index (χ1) is 22.5. The van der Waals surface area contributed by atoms with Crippen LogP contribution in [-0.4, -0.2) is 55.9 Å². The van der Waals surface area contributed by atoms with E-state index in [9.17, 15) is 19.5 Å². The minimum atomic E-state index is 0.223. The molecule has 7 nitrogen and oxygen atoms in total. The van der Waals surface area contributed by atoms with E-state index in [0.717, 1.165) is 103 Å². The number of aliphatic hydroxyl groups excluding tert-OH is 2. The van der Waals surface area contributed by atoms with Crippen molar-refractivity contribution in [2.24, 2.45) is 5.92 Å². The maximum atomic E-state index is 11.7. The van der Waals surface area contributed by atoms with E-state index in [1.54, 1.807) is 0 Å². The molecular weight excluding hydrogens is 576 g/mol. The van der Waals surface area contributed by atoms with Crippen LogP contribution < -0.4 is 10.6 Å². The Hall–Kier alpha value is -1.73. The second-order valence-corrected chi connectivity index (χ2v) is 12.0. The standard InChI is InChI=1S/C24H48N2O2.C12H22O2.C2H6.CH4O/c1-4-5-14-20-26-24(28)18-13-11-9-7-6-8-10-12-17-23(27)21-22(2)16-15-19-25-3;13-11-9-7-5-3-1-2-4-6-8-10-12-14;2*1-2/h21-22,25,27H,4-20H2,1-3H3,(H,26,28);11-12H,1-10H2;1-2H3;2H,1H3/b23-21+;;;. The number of aldehydes is 2. The minimum Gasteiger partial charge on any atom is -0.513 e. The first-order valence-electron chi connectivity index (χ1n) is 19.1. The molecule has 0 aliphatic carbocycles. The summed E-state index contributed by atoms with van der Waals surface area (Å²) in [4.78, 5) is 31.7. The maximum Gasteiger partial charge on any atom is 0.219 e. The number of hydrogen-bond donors (Lipinski definition) is 4. The van der Waals surface area contributed by atoms with Crippen molar-refractivity contribution < 1.29 is 24.6 Å².